The lowest BCUT2D eigenvalue weighted by Gasteiger charge is -2.00. The highest BCUT2D eigenvalue weighted by Crippen LogP contribution is 2.14. The normalized spacial score (nSPS) is 11.5. The number of nitrogens with zero attached hydrogens (tertiary/aromatic N) is 3. The molecular formula is C17H16N4O3. The molecule has 0 fully saturated rings. The number of pyridine rings is 1. The molecule has 0 spiro atoms. The minimum Gasteiger partial charge on any atom is -0.267 e. The first-order chi connectivity index (χ1) is 11.5. The molecule has 0 radical (unpaired) electrons. The summed E-state index contributed by atoms with van der Waals surface area (Å²) in [6.45, 7) is 3.55. The van der Waals surface area contributed by atoms with Crippen LogP contribution in [0.1, 0.15) is 28.5 Å². The van der Waals surface area contributed by atoms with Crippen molar-refractivity contribution in [3.63, 3.8) is 0 Å². The van der Waals surface area contributed by atoms with Crippen LogP contribution in [0, 0.1) is 17.0 Å². The van der Waals surface area contributed by atoms with Gasteiger partial charge in [-0.15, -0.1) is 0 Å². The smallest absolute Gasteiger partial charge is 0.267 e. The van der Waals surface area contributed by atoms with E-state index >= 15 is 0 Å². The van der Waals surface area contributed by atoms with E-state index in [9.17, 15) is 14.9 Å². The number of hydrazone groups is 1. The fraction of sp³-hybridized carbons (Fsp3) is 0.118. The fourth-order valence-corrected chi connectivity index (χ4v) is 1.80. The van der Waals surface area contributed by atoms with Crippen LogP contribution in [0.2, 0.25) is 0 Å². The van der Waals surface area contributed by atoms with Crippen molar-refractivity contribution in [2.24, 2.45) is 5.10 Å². The Morgan fingerprint density at radius 1 is 1.33 bits per heavy atom. The van der Waals surface area contributed by atoms with E-state index in [1.54, 1.807) is 43.3 Å². The Kier molecular flexibility index (Phi) is 5.51. The monoisotopic (exact) mass is 324 g/mol. The first-order valence-corrected chi connectivity index (χ1v) is 7.15. The number of nitro groups is 1. The molecule has 1 aromatic heterocycles. The molecule has 2 aromatic rings. The molecule has 0 bridgehead atoms. The average Bonchev–Trinajstić information content (AvgIpc) is 2.58. The van der Waals surface area contributed by atoms with Crippen molar-refractivity contribution in [2.45, 2.75) is 13.8 Å². The van der Waals surface area contributed by atoms with Gasteiger partial charge in [-0.3, -0.25) is 19.9 Å². The molecule has 1 aromatic carbocycles. The molecule has 0 aliphatic rings. The van der Waals surface area contributed by atoms with Gasteiger partial charge in [-0.05, 0) is 37.6 Å². The van der Waals surface area contributed by atoms with Crippen molar-refractivity contribution in [3.05, 3.63) is 75.6 Å². The van der Waals surface area contributed by atoms with Gasteiger partial charge in [0.2, 0.25) is 0 Å². The summed E-state index contributed by atoms with van der Waals surface area (Å²) in [5.41, 5.74) is 4.92. The molecule has 0 atom stereocenters. The SMILES string of the molecule is CC(/C=C/c1cccc([N+](=O)[O-])c1)=N\NC(=O)c1ccc(C)nc1. The summed E-state index contributed by atoms with van der Waals surface area (Å²) in [6, 6.07) is 9.65. The van der Waals surface area contributed by atoms with Crippen molar-refractivity contribution in [1.29, 1.82) is 0 Å². The number of nitrogens with one attached hydrogen (secondary N) is 1. The third kappa shape index (κ3) is 4.84. The lowest BCUT2D eigenvalue weighted by molar-refractivity contribution is -0.384. The van der Waals surface area contributed by atoms with E-state index in [0.717, 1.165) is 5.69 Å². The van der Waals surface area contributed by atoms with E-state index in [-0.39, 0.29) is 11.6 Å². The standard InChI is InChI=1S/C17H16N4O3/c1-12-7-9-15(11-18-12)17(22)20-19-13(2)6-8-14-4-3-5-16(10-14)21(23)24/h3-11H,1-2H3,(H,20,22)/b8-6+,19-13+. The Bertz CT molecular complexity index is 811. The maximum Gasteiger partial charge on any atom is 0.272 e. The molecular weight excluding hydrogens is 308 g/mol. The minimum atomic E-state index is -0.450. The number of carbonyl (C=O) groups is 1. The number of benzene rings is 1. The van der Waals surface area contributed by atoms with Crippen molar-refractivity contribution >= 4 is 23.4 Å². The maximum atomic E-state index is 11.9. The number of aryl methyl sites for hydroxylation is 1. The van der Waals surface area contributed by atoms with Crippen molar-refractivity contribution in [3.8, 4) is 0 Å². The first kappa shape index (κ1) is 17.0. The molecule has 122 valence electrons. The summed E-state index contributed by atoms with van der Waals surface area (Å²) in [5, 5.41) is 14.7. The zero-order valence-electron chi connectivity index (χ0n) is 13.3. The second kappa shape index (κ2) is 7.77. The number of hydrogen-bond donors (Lipinski definition) is 1. The predicted molar refractivity (Wildman–Crippen MR) is 91.7 cm³/mol. The molecule has 24 heavy (non-hydrogen) atoms. The number of non-ortho nitro benzene ring substituents is 1. The topological polar surface area (TPSA) is 97.5 Å². The highest BCUT2D eigenvalue weighted by Gasteiger charge is 2.05. The third-order valence-electron chi connectivity index (χ3n) is 3.11. The lowest BCUT2D eigenvalue weighted by atomic mass is 10.2. The van der Waals surface area contributed by atoms with Gasteiger partial charge < -0.3 is 0 Å². The maximum absolute atomic E-state index is 11.9. The van der Waals surface area contributed by atoms with Crippen LogP contribution in [0.4, 0.5) is 5.69 Å². The molecule has 1 heterocycles. The summed E-state index contributed by atoms with van der Waals surface area (Å²) in [5.74, 6) is -0.356. The van der Waals surface area contributed by atoms with E-state index < -0.39 is 4.92 Å². The molecule has 2 rings (SSSR count). The van der Waals surface area contributed by atoms with Gasteiger partial charge in [0.05, 0.1) is 16.2 Å². The molecule has 1 amide bonds. The summed E-state index contributed by atoms with van der Waals surface area (Å²) < 4.78 is 0. The molecule has 0 unspecified atom stereocenters. The van der Waals surface area contributed by atoms with Crippen LogP contribution >= 0.6 is 0 Å². The Balaban J connectivity index is 2.00. The van der Waals surface area contributed by atoms with Crippen LogP contribution in [-0.2, 0) is 0 Å². The molecule has 7 nitrogen and oxygen atoms in total. The average molecular weight is 324 g/mol. The predicted octanol–water partition coefficient (Wildman–Crippen LogP) is 3.12. The van der Waals surface area contributed by atoms with Gasteiger partial charge in [0.1, 0.15) is 0 Å². The van der Waals surface area contributed by atoms with E-state index in [1.807, 2.05) is 6.92 Å². The van der Waals surface area contributed by atoms with Gasteiger partial charge >= 0.3 is 0 Å². The largest absolute Gasteiger partial charge is 0.272 e. The first-order valence-electron chi connectivity index (χ1n) is 7.15. The van der Waals surface area contributed by atoms with Crippen LogP contribution < -0.4 is 5.43 Å². The van der Waals surface area contributed by atoms with Crippen molar-refractivity contribution < 1.29 is 9.72 Å². The second-order valence-electron chi connectivity index (χ2n) is 5.07. The Hall–Kier alpha value is -3.35. The second-order valence-corrected chi connectivity index (χ2v) is 5.07. The quantitative estimate of drug-likeness (QED) is 0.519. The van der Waals surface area contributed by atoms with Gasteiger partial charge in [0, 0.05) is 24.0 Å². The van der Waals surface area contributed by atoms with Crippen LogP contribution in [0.25, 0.3) is 6.08 Å². The zero-order chi connectivity index (χ0) is 17.5. The van der Waals surface area contributed by atoms with Gasteiger partial charge in [0.25, 0.3) is 11.6 Å². The van der Waals surface area contributed by atoms with E-state index in [0.29, 0.717) is 16.8 Å². The highest BCUT2D eigenvalue weighted by atomic mass is 16.6. The number of rotatable bonds is 5. The van der Waals surface area contributed by atoms with Gasteiger partial charge in [0.15, 0.2) is 0 Å². The summed E-state index contributed by atoms with van der Waals surface area (Å²) in [7, 11) is 0. The van der Waals surface area contributed by atoms with E-state index in [4.69, 9.17) is 0 Å². The van der Waals surface area contributed by atoms with Crippen LogP contribution in [-0.4, -0.2) is 21.5 Å². The van der Waals surface area contributed by atoms with Crippen molar-refractivity contribution in [1.82, 2.24) is 10.4 Å². The Labute approximate surface area is 138 Å². The van der Waals surface area contributed by atoms with E-state index in [1.165, 1.54) is 18.3 Å². The minimum absolute atomic E-state index is 0.0203. The highest BCUT2D eigenvalue weighted by molar-refractivity contribution is 5.99. The fourth-order valence-electron chi connectivity index (χ4n) is 1.80. The number of carbonyl (C=O) groups excluding carboxylic acids is 1. The van der Waals surface area contributed by atoms with Crippen molar-refractivity contribution in [2.75, 3.05) is 0 Å². The molecule has 0 saturated heterocycles. The Morgan fingerprint density at radius 3 is 2.79 bits per heavy atom. The lowest BCUT2D eigenvalue weighted by Crippen LogP contribution is -2.18. The molecule has 0 aliphatic heterocycles. The van der Waals surface area contributed by atoms with Gasteiger partial charge in [-0.1, -0.05) is 18.2 Å². The number of amides is 1. The summed E-state index contributed by atoms with van der Waals surface area (Å²) in [6.07, 6.45) is 4.83. The van der Waals surface area contributed by atoms with Crippen LogP contribution in [0.15, 0.2) is 53.8 Å². The third-order valence-corrected chi connectivity index (χ3v) is 3.11. The number of allylic oxidation sites excluding steroid dienone is 1. The zero-order valence-corrected chi connectivity index (χ0v) is 13.3. The Morgan fingerprint density at radius 2 is 2.12 bits per heavy atom. The molecule has 7 heteroatoms. The molecule has 0 aliphatic carbocycles. The van der Waals surface area contributed by atoms with Crippen LogP contribution in [0.3, 0.4) is 0 Å². The summed E-state index contributed by atoms with van der Waals surface area (Å²) in [4.78, 5) is 26.2. The summed E-state index contributed by atoms with van der Waals surface area (Å²) >= 11 is 0. The van der Waals surface area contributed by atoms with Crippen LogP contribution in [0.5, 0.6) is 0 Å². The number of hydrogen-bond acceptors (Lipinski definition) is 5. The molecule has 1 N–H and O–H groups in total. The number of aromatic nitrogens is 1. The number of nitro benzene ring substituents is 1. The van der Waals surface area contributed by atoms with Gasteiger partial charge in [-0.2, -0.15) is 5.10 Å². The van der Waals surface area contributed by atoms with E-state index in [2.05, 4.69) is 15.5 Å². The van der Waals surface area contributed by atoms with Gasteiger partial charge in [-0.25, -0.2) is 5.43 Å². The molecule has 0 saturated carbocycles.